The lowest BCUT2D eigenvalue weighted by molar-refractivity contribution is 0.251. The smallest absolute Gasteiger partial charge is 0.319 e. The number of benzene rings is 3. The van der Waals surface area contributed by atoms with Crippen molar-refractivity contribution < 1.29 is 4.79 Å². The molecule has 0 aliphatic carbocycles. The molecule has 0 bridgehead atoms. The van der Waals surface area contributed by atoms with Gasteiger partial charge >= 0.3 is 6.03 Å². The Morgan fingerprint density at radius 3 is 2.51 bits per heavy atom. The molecule has 0 saturated heterocycles. The van der Waals surface area contributed by atoms with Crippen molar-refractivity contribution in [2.24, 2.45) is 0 Å². The number of aromatic nitrogens is 3. The fraction of sp³-hybridized carbons (Fsp3) is 0.192. The highest BCUT2D eigenvalue weighted by Gasteiger charge is 2.18. The highest BCUT2D eigenvalue weighted by Crippen LogP contribution is 2.30. The van der Waals surface area contributed by atoms with E-state index in [1.807, 2.05) is 41.0 Å². The third kappa shape index (κ3) is 6.57. The van der Waals surface area contributed by atoms with Gasteiger partial charge in [0.1, 0.15) is 0 Å². The summed E-state index contributed by atoms with van der Waals surface area (Å²) in [6.07, 6.45) is 0.944. The molecule has 2 amide bonds. The predicted octanol–water partition coefficient (Wildman–Crippen LogP) is 7.06. The van der Waals surface area contributed by atoms with Gasteiger partial charge in [0.05, 0.1) is 17.3 Å². The normalized spacial score (nSPS) is 10.9. The average Bonchev–Trinajstić information content (AvgIpc) is 3.24. The Hall–Kier alpha value is -3.00. The molecule has 0 aliphatic rings. The van der Waals surface area contributed by atoms with E-state index in [2.05, 4.69) is 52.9 Å². The molecule has 0 spiro atoms. The second-order valence-corrected chi connectivity index (χ2v) is 9.75. The molecule has 0 unspecified atom stereocenters. The van der Waals surface area contributed by atoms with E-state index in [1.54, 1.807) is 23.9 Å². The van der Waals surface area contributed by atoms with Crippen molar-refractivity contribution in [3.8, 4) is 5.69 Å². The van der Waals surface area contributed by atoms with Gasteiger partial charge in [0.2, 0.25) is 0 Å². The standard InChI is InChI=1S/C26H25Cl2N5OS/c1-3-18-7-10-21(11-8-18)30-25(34)29-15-24-31-32-26(35-16-19-6-4-5-17(2)13-19)33(24)23-12-9-20(27)14-22(23)28/h4-14H,3,15-16H2,1-2H3,(H2,29,30,34). The van der Waals surface area contributed by atoms with Crippen molar-refractivity contribution in [2.45, 2.75) is 37.7 Å². The van der Waals surface area contributed by atoms with Crippen LogP contribution in [0.5, 0.6) is 0 Å². The van der Waals surface area contributed by atoms with Crippen molar-refractivity contribution in [3.05, 3.63) is 99.3 Å². The Morgan fingerprint density at radius 2 is 1.80 bits per heavy atom. The first kappa shape index (κ1) is 25.1. The molecule has 0 radical (unpaired) electrons. The van der Waals surface area contributed by atoms with Crippen LogP contribution in [-0.4, -0.2) is 20.8 Å². The summed E-state index contributed by atoms with van der Waals surface area (Å²) in [7, 11) is 0. The van der Waals surface area contributed by atoms with Gasteiger partial charge in [-0.05, 0) is 54.8 Å². The summed E-state index contributed by atoms with van der Waals surface area (Å²) in [6, 6.07) is 21.0. The number of nitrogens with one attached hydrogen (secondary N) is 2. The molecular formula is C26H25Cl2N5OS. The summed E-state index contributed by atoms with van der Waals surface area (Å²) >= 11 is 14.2. The van der Waals surface area contributed by atoms with E-state index in [9.17, 15) is 4.79 Å². The van der Waals surface area contributed by atoms with Gasteiger partial charge in [-0.3, -0.25) is 4.57 Å². The first-order chi connectivity index (χ1) is 16.9. The quantitative estimate of drug-likeness (QED) is 0.241. The number of nitrogens with zero attached hydrogens (tertiary/aromatic N) is 3. The van der Waals surface area contributed by atoms with E-state index in [-0.39, 0.29) is 12.6 Å². The molecule has 0 aliphatic heterocycles. The maximum atomic E-state index is 12.5. The van der Waals surface area contributed by atoms with E-state index >= 15 is 0 Å². The predicted molar refractivity (Wildman–Crippen MR) is 144 cm³/mol. The number of hydrogen-bond donors (Lipinski definition) is 2. The number of carbonyl (C=O) groups is 1. The minimum atomic E-state index is -0.333. The van der Waals surface area contributed by atoms with Gasteiger partial charge in [0, 0.05) is 16.5 Å². The average molecular weight is 526 g/mol. The monoisotopic (exact) mass is 525 g/mol. The van der Waals surface area contributed by atoms with Gasteiger partial charge in [0.25, 0.3) is 0 Å². The Morgan fingerprint density at radius 1 is 1.00 bits per heavy atom. The molecular weight excluding hydrogens is 501 g/mol. The number of aryl methyl sites for hydroxylation is 2. The summed E-state index contributed by atoms with van der Waals surface area (Å²) in [5, 5.41) is 16.1. The van der Waals surface area contributed by atoms with E-state index in [0.717, 1.165) is 12.1 Å². The minimum Gasteiger partial charge on any atom is -0.331 e. The molecule has 180 valence electrons. The molecule has 0 fully saturated rings. The third-order valence-corrected chi connectivity index (χ3v) is 6.87. The number of halogens is 2. The highest BCUT2D eigenvalue weighted by molar-refractivity contribution is 7.98. The van der Waals surface area contributed by atoms with Gasteiger partial charge in [-0.2, -0.15) is 0 Å². The van der Waals surface area contributed by atoms with Gasteiger partial charge in [-0.15, -0.1) is 10.2 Å². The zero-order valence-corrected chi connectivity index (χ0v) is 21.7. The number of carbonyl (C=O) groups excluding carboxylic acids is 1. The number of thioether (sulfide) groups is 1. The topological polar surface area (TPSA) is 71.8 Å². The van der Waals surface area contributed by atoms with Crippen LogP contribution in [0.25, 0.3) is 5.69 Å². The van der Waals surface area contributed by atoms with Crippen LogP contribution in [0.2, 0.25) is 10.0 Å². The van der Waals surface area contributed by atoms with Crippen LogP contribution in [-0.2, 0) is 18.7 Å². The molecule has 1 heterocycles. The molecule has 4 aromatic rings. The molecule has 4 rings (SSSR count). The lowest BCUT2D eigenvalue weighted by Gasteiger charge is -2.13. The van der Waals surface area contributed by atoms with Crippen LogP contribution >= 0.6 is 35.0 Å². The highest BCUT2D eigenvalue weighted by atomic mass is 35.5. The summed E-state index contributed by atoms with van der Waals surface area (Å²) in [4.78, 5) is 12.5. The molecule has 6 nitrogen and oxygen atoms in total. The Bertz CT molecular complexity index is 1320. The van der Waals surface area contributed by atoms with Crippen molar-refractivity contribution in [2.75, 3.05) is 5.32 Å². The van der Waals surface area contributed by atoms with E-state index in [0.29, 0.717) is 32.5 Å². The molecule has 1 aromatic heterocycles. The number of amides is 2. The summed E-state index contributed by atoms with van der Waals surface area (Å²) < 4.78 is 1.86. The van der Waals surface area contributed by atoms with Crippen molar-refractivity contribution >= 4 is 46.7 Å². The van der Waals surface area contributed by atoms with E-state index in [4.69, 9.17) is 23.2 Å². The molecule has 0 saturated carbocycles. The molecule has 3 aromatic carbocycles. The molecule has 9 heteroatoms. The largest absolute Gasteiger partial charge is 0.331 e. The van der Waals surface area contributed by atoms with Crippen LogP contribution in [0.15, 0.2) is 71.9 Å². The summed E-state index contributed by atoms with van der Waals surface area (Å²) in [6.45, 7) is 4.32. The van der Waals surface area contributed by atoms with E-state index < -0.39 is 0 Å². The molecule has 0 atom stereocenters. The minimum absolute atomic E-state index is 0.163. The van der Waals surface area contributed by atoms with Crippen LogP contribution < -0.4 is 10.6 Å². The van der Waals surface area contributed by atoms with E-state index in [1.165, 1.54) is 16.7 Å². The third-order valence-electron chi connectivity index (χ3n) is 5.33. The summed E-state index contributed by atoms with van der Waals surface area (Å²) in [5.74, 6) is 1.27. The first-order valence-electron chi connectivity index (χ1n) is 11.1. The van der Waals surface area contributed by atoms with Gasteiger partial charge in [-0.25, -0.2) is 4.79 Å². The fourth-order valence-electron chi connectivity index (χ4n) is 3.52. The Kier molecular flexibility index (Phi) is 8.33. The summed E-state index contributed by atoms with van der Waals surface area (Å²) in [5.41, 5.74) is 5.00. The van der Waals surface area contributed by atoms with Crippen molar-refractivity contribution in [1.82, 2.24) is 20.1 Å². The zero-order chi connectivity index (χ0) is 24.8. The lowest BCUT2D eigenvalue weighted by atomic mass is 10.1. The maximum Gasteiger partial charge on any atom is 0.319 e. The SMILES string of the molecule is CCc1ccc(NC(=O)NCc2nnc(SCc3cccc(C)c3)n2-c2ccc(Cl)cc2Cl)cc1. The van der Waals surface area contributed by atoms with Crippen LogP contribution in [0.1, 0.15) is 29.4 Å². The fourth-order valence-corrected chi connectivity index (χ4v) is 4.92. The number of hydrogen-bond acceptors (Lipinski definition) is 4. The van der Waals surface area contributed by atoms with Crippen LogP contribution in [0.3, 0.4) is 0 Å². The van der Waals surface area contributed by atoms with Gasteiger partial charge in [0.15, 0.2) is 11.0 Å². The molecule has 2 N–H and O–H groups in total. The van der Waals surface area contributed by atoms with Crippen molar-refractivity contribution in [3.63, 3.8) is 0 Å². The van der Waals surface area contributed by atoms with Gasteiger partial charge < -0.3 is 10.6 Å². The second kappa shape index (κ2) is 11.6. The number of rotatable bonds is 8. The lowest BCUT2D eigenvalue weighted by Crippen LogP contribution is -2.29. The van der Waals surface area contributed by atoms with Crippen LogP contribution in [0.4, 0.5) is 10.5 Å². The number of anilines is 1. The second-order valence-electron chi connectivity index (χ2n) is 7.97. The van der Waals surface area contributed by atoms with Crippen LogP contribution in [0, 0.1) is 6.92 Å². The Balaban J connectivity index is 1.53. The molecule has 35 heavy (non-hydrogen) atoms. The van der Waals surface area contributed by atoms with Gasteiger partial charge in [-0.1, -0.05) is 83.8 Å². The Labute approximate surface area is 219 Å². The zero-order valence-electron chi connectivity index (χ0n) is 19.4. The first-order valence-corrected chi connectivity index (χ1v) is 12.9. The maximum absolute atomic E-state index is 12.5. The van der Waals surface area contributed by atoms with Crippen molar-refractivity contribution in [1.29, 1.82) is 0 Å². The number of urea groups is 1.